The van der Waals surface area contributed by atoms with Crippen molar-refractivity contribution < 1.29 is 27.3 Å². The van der Waals surface area contributed by atoms with Crippen molar-refractivity contribution in [3.05, 3.63) is 0 Å². The van der Waals surface area contributed by atoms with Crippen molar-refractivity contribution in [2.45, 2.75) is 0 Å². The average molecular weight is 141 g/mol. The van der Waals surface area contributed by atoms with Gasteiger partial charge in [0.05, 0.1) is 0 Å². The molecule has 0 saturated carbocycles. The van der Waals surface area contributed by atoms with E-state index in [1.165, 1.54) is 14.1 Å². The van der Waals surface area contributed by atoms with Gasteiger partial charge in [0, 0.05) is 31.5 Å². The minimum Gasteiger partial charge on any atom is -0.465 e. The topological polar surface area (TPSA) is 40.5 Å². The second-order valence-electron chi connectivity index (χ2n) is 1.18. The molecule has 0 heterocycles. The van der Waals surface area contributed by atoms with Crippen molar-refractivity contribution in [3.8, 4) is 0 Å². The van der Waals surface area contributed by atoms with E-state index in [1.54, 1.807) is 0 Å². The number of amides is 1. The predicted octanol–water partition coefficient (Wildman–Crippen LogP) is 0.224. The van der Waals surface area contributed by atoms with Gasteiger partial charge < -0.3 is 10.0 Å². The molecule has 0 aromatic carbocycles. The Morgan fingerprint density at radius 2 is 1.71 bits per heavy atom. The van der Waals surface area contributed by atoms with Crippen LogP contribution in [0.2, 0.25) is 0 Å². The summed E-state index contributed by atoms with van der Waals surface area (Å²) in [4.78, 5) is 10.7. The molecule has 1 amide bonds. The molecule has 7 heavy (non-hydrogen) atoms. The minimum absolute atomic E-state index is 0. The molecule has 0 fully saturated rings. The van der Waals surface area contributed by atoms with E-state index in [9.17, 15) is 4.79 Å². The summed E-state index contributed by atoms with van der Waals surface area (Å²) in [6.07, 6.45) is -0.907. The van der Waals surface area contributed by atoms with Crippen LogP contribution in [0.1, 0.15) is 0 Å². The summed E-state index contributed by atoms with van der Waals surface area (Å²) in [5.74, 6) is 0. The molecule has 0 aromatic rings. The van der Waals surface area contributed by atoms with Gasteiger partial charge in [-0.15, -0.1) is 0 Å². The Labute approximate surface area is 53.1 Å². The third-order valence-corrected chi connectivity index (χ3v) is 0.383. The van der Waals surface area contributed by atoms with E-state index < -0.39 is 6.09 Å². The second-order valence-corrected chi connectivity index (χ2v) is 1.18. The van der Waals surface area contributed by atoms with Crippen LogP contribution in [-0.2, 0) is 17.4 Å². The van der Waals surface area contributed by atoms with Gasteiger partial charge in [-0.1, -0.05) is 0 Å². The van der Waals surface area contributed by atoms with Crippen molar-refractivity contribution in [1.82, 2.24) is 4.90 Å². The minimum atomic E-state index is -0.907. The van der Waals surface area contributed by atoms with E-state index >= 15 is 0 Å². The van der Waals surface area contributed by atoms with Crippen molar-refractivity contribution >= 4 is 6.09 Å². The standard InChI is InChI=1S/C3H7NO2.Cr/c1-4(2)3(5)6;/h1-2H3,(H,5,6);. The molecule has 4 heteroatoms. The first-order chi connectivity index (χ1) is 2.64. The maximum Gasteiger partial charge on any atom is 0.406 e. The monoisotopic (exact) mass is 141 g/mol. The molecule has 42 valence electrons. The van der Waals surface area contributed by atoms with Crippen LogP contribution in [0.3, 0.4) is 0 Å². The van der Waals surface area contributed by atoms with Gasteiger partial charge in [-0.05, 0) is 0 Å². The summed E-state index contributed by atoms with van der Waals surface area (Å²) in [5, 5.41) is 7.92. The normalized spacial score (nSPS) is 6.57. The molecule has 0 aliphatic rings. The first-order valence-corrected chi connectivity index (χ1v) is 1.55. The van der Waals surface area contributed by atoms with Gasteiger partial charge in [-0.3, -0.25) is 0 Å². The number of hydrogen-bond donors (Lipinski definition) is 1. The fourth-order valence-corrected chi connectivity index (χ4v) is 0. The third-order valence-electron chi connectivity index (χ3n) is 0.383. The van der Waals surface area contributed by atoms with Gasteiger partial charge >= 0.3 is 6.09 Å². The van der Waals surface area contributed by atoms with Crippen LogP contribution in [-0.4, -0.2) is 30.2 Å². The molecule has 0 aliphatic carbocycles. The maximum absolute atomic E-state index is 9.62. The Hall–Kier alpha value is -0.198. The molecule has 3 nitrogen and oxygen atoms in total. The molecule has 1 N–H and O–H groups in total. The SMILES string of the molecule is CN(C)C(=O)O.[Cr]. The van der Waals surface area contributed by atoms with Crippen molar-refractivity contribution in [2.24, 2.45) is 0 Å². The molecule has 0 unspecified atom stereocenters. The number of hydrogen-bond acceptors (Lipinski definition) is 1. The van der Waals surface area contributed by atoms with Crippen LogP contribution in [0.4, 0.5) is 4.79 Å². The van der Waals surface area contributed by atoms with Crippen molar-refractivity contribution in [1.29, 1.82) is 0 Å². The first kappa shape index (κ1) is 9.93. The molecule has 0 radical (unpaired) electrons. The Morgan fingerprint density at radius 1 is 1.57 bits per heavy atom. The maximum atomic E-state index is 9.62. The van der Waals surface area contributed by atoms with Gasteiger partial charge in [0.15, 0.2) is 0 Å². The molecular formula is C3H7CrNO2. The Kier molecular flexibility index (Phi) is 5.64. The van der Waals surface area contributed by atoms with Gasteiger partial charge in [-0.2, -0.15) is 0 Å². The molecule has 0 aliphatic heterocycles. The zero-order chi connectivity index (χ0) is 5.15. The van der Waals surface area contributed by atoms with Gasteiger partial charge in [0.1, 0.15) is 0 Å². The fourth-order valence-electron chi connectivity index (χ4n) is 0. The predicted molar refractivity (Wildman–Crippen MR) is 21.7 cm³/mol. The quantitative estimate of drug-likeness (QED) is 0.524. The van der Waals surface area contributed by atoms with E-state index in [0.717, 1.165) is 4.90 Å². The largest absolute Gasteiger partial charge is 0.465 e. The summed E-state index contributed by atoms with van der Waals surface area (Å²) in [6.45, 7) is 0. The summed E-state index contributed by atoms with van der Waals surface area (Å²) in [6, 6.07) is 0. The molecule has 0 aromatic heterocycles. The van der Waals surface area contributed by atoms with Crippen molar-refractivity contribution in [2.75, 3.05) is 14.1 Å². The van der Waals surface area contributed by atoms with Gasteiger partial charge in [0.25, 0.3) is 0 Å². The number of carboxylic acid groups (broad SMARTS) is 1. The van der Waals surface area contributed by atoms with E-state index in [-0.39, 0.29) is 17.4 Å². The zero-order valence-electron chi connectivity index (χ0n) is 4.21. The van der Waals surface area contributed by atoms with Crippen LogP contribution in [0.25, 0.3) is 0 Å². The Morgan fingerprint density at radius 3 is 1.71 bits per heavy atom. The molecule has 0 bridgehead atoms. The van der Waals surface area contributed by atoms with Crippen LogP contribution >= 0.6 is 0 Å². The fraction of sp³-hybridized carbons (Fsp3) is 0.667. The third kappa shape index (κ3) is 5.80. The Balaban J connectivity index is 0. The Bertz CT molecular complexity index is 64.0. The van der Waals surface area contributed by atoms with Crippen LogP contribution in [0.15, 0.2) is 0 Å². The molecule has 0 atom stereocenters. The molecule has 0 rings (SSSR count). The second kappa shape index (κ2) is 3.97. The smallest absolute Gasteiger partial charge is 0.406 e. The summed E-state index contributed by atoms with van der Waals surface area (Å²) in [7, 11) is 2.95. The van der Waals surface area contributed by atoms with Gasteiger partial charge in [0.2, 0.25) is 0 Å². The number of carbonyl (C=O) groups is 1. The molecule has 0 saturated heterocycles. The van der Waals surface area contributed by atoms with E-state index in [2.05, 4.69) is 0 Å². The summed E-state index contributed by atoms with van der Waals surface area (Å²) in [5.41, 5.74) is 0. The van der Waals surface area contributed by atoms with Gasteiger partial charge in [-0.25, -0.2) is 4.79 Å². The molecular weight excluding hydrogens is 134 g/mol. The average Bonchev–Trinajstić information content (AvgIpc) is 1.36. The number of rotatable bonds is 0. The first-order valence-electron chi connectivity index (χ1n) is 1.55. The summed E-state index contributed by atoms with van der Waals surface area (Å²) < 4.78 is 0. The molecule has 0 spiro atoms. The summed E-state index contributed by atoms with van der Waals surface area (Å²) >= 11 is 0. The van der Waals surface area contributed by atoms with Crippen LogP contribution in [0, 0.1) is 0 Å². The van der Waals surface area contributed by atoms with Crippen molar-refractivity contribution in [3.63, 3.8) is 0 Å². The zero-order valence-corrected chi connectivity index (χ0v) is 5.49. The van der Waals surface area contributed by atoms with Crippen LogP contribution < -0.4 is 0 Å². The number of nitrogens with zero attached hydrogens (tertiary/aromatic N) is 1. The van der Waals surface area contributed by atoms with E-state index in [0.29, 0.717) is 0 Å². The van der Waals surface area contributed by atoms with Crippen LogP contribution in [0.5, 0.6) is 0 Å². The van der Waals surface area contributed by atoms with E-state index in [4.69, 9.17) is 5.11 Å². The van der Waals surface area contributed by atoms with E-state index in [1.807, 2.05) is 0 Å².